The fraction of sp³-hybridized carbons (Fsp3) is 0.655. The lowest BCUT2D eigenvalue weighted by Crippen LogP contribution is -2.53. The van der Waals surface area contributed by atoms with Crippen LogP contribution in [0.3, 0.4) is 0 Å². The van der Waals surface area contributed by atoms with Crippen LogP contribution >= 0.6 is 11.6 Å². The predicted molar refractivity (Wildman–Crippen MR) is 149 cm³/mol. The number of aliphatic hydroxyl groups excluding tert-OH is 1. The van der Waals surface area contributed by atoms with Crippen LogP contribution in [-0.2, 0) is 16.1 Å². The van der Waals surface area contributed by atoms with E-state index in [4.69, 9.17) is 11.6 Å². The first kappa shape index (κ1) is 28.1. The van der Waals surface area contributed by atoms with Gasteiger partial charge in [0.2, 0.25) is 11.8 Å². The van der Waals surface area contributed by atoms with Gasteiger partial charge in [0, 0.05) is 49.2 Å². The van der Waals surface area contributed by atoms with Gasteiger partial charge in [-0.25, -0.2) is 4.68 Å². The Bertz CT molecular complexity index is 1180. The number of halogens is 1. The van der Waals surface area contributed by atoms with Gasteiger partial charge in [-0.15, -0.1) is 5.10 Å². The molecule has 1 aromatic heterocycles. The molecule has 5 rings (SSSR count). The number of piperidine rings is 1. The number of benzene rings is 1. The van der Waals surface area contributed by atoms with Crippen LogP contribution < -0.4 is 5.32 Å². The summed E-state index contributed by atoms with van der Waals surface area (Å²) in [5.41, 5.74) is 1.62. The Balaban J connectivity index is 1.26. The Morgan fingerprint density at radius 1 is 1.21 bits per heavy atom. The van der Waals surface area contributed by atoms with Gasteiger partial charge < -0.3 is 15.3 Å². The van der Waals surface area contributed by atoms with E-state index in [1.54, 1.807) is 9.58 Å². The first-order valence-electron chi connectivity index (χ1n) is 14.3. The SMILES string of the molecule is CC(C)(C)[C@H](C(=O)N1C[C@H](O)C[C@H]1C(=O)NCC1CCCCN1Cc1cccc(Cl)c1)n1cc(C2CC2)nn1. The highest BCUT2D eigenvalue weighted by atomic mass is 35.5. The Morgan fingerprint density at radius 3 is 2.72 bits per heavy atom. The standard InChI is InChI=1S/C29H41ClN6O3/c1-29(2,3)26(36-18-24(32-33-36)20-10-11-20)28(39)35-17-23(37)14-25(35)27(38)31-15-22-9-4-5-12-34(22)16-19-7-6-8-21(30)13-19/h6-8,13,18,20,22-23,25-26,37H,4-5,9-12,14-17H2,1-3H3,(H,31,38)/t22?,23-,25+,26+/m1/s1. The molecular weight excluding hydrogens is 516 g/mol. The van der Waals surface area contributed by atoms with Crippen LogP contribution in [-0.4, -0.2) is 79.5 Å². The number of amides is 2. The molecule has 4 atom stereocenters. The monoisotopic (exact) mass is 556 g/mol. The molecule has 9 nitrogen and oxygen atoms in total. The number of hydrogen-bond donors (Lipinski definition) is 2. The molecule has 1 saturated carbocycles. The van der Waals surface area contributed by atoms with Gasteiger partial charge >= 0.3 is 0 Å². The van der Waals surface area contributed by atoms with E-state index in [1.807, 2.05) is 45.2 Å². The number of aliphatic hydroxyl groups is 1. The van der Waals surface area contributed by atoms with E-state index in [9.17, 15) is 14.7 Å². The normalized spacial score (nSPS) is 25.1. The van der Waals surface area contributed by atoms with Crippen molar-refractivity contribution in [1.29, 1.82) is 0 Å². The summed E-state index contributed by atoms with van der Waals surface area (Å²) < 4.78 is 1.66. The molecule has 0 radical (unpaired) electrons. The summed E-state index contributed by atoms with van der Waals surface area (Å²) in [5, 5.41) is 23.0. The zero-order valence-corrected chi connectivity index (χ0v) is 24.0. The highest BCUT2D eigenvalue weighted by Gasteiger charge is 2.45. The van der Waals surface area contributed by atoms with Crippen molar-refractivity contribution in [2.75, 3.05) is 19.6 Å². The maximum Gasteiger partial charge on any atom is 0.248 e. The summed E-state index contributed by atoms with van der Waals surface area (Å²) in [6.45, 7) is 8.37. The number of likely N-dealkylation sites (tertiary alicyclic amines) is 2. The summed E-state index contributed by atoms with van der Waals surface area (Å²) in [7, 11) is 0. The van der Waals surface area contributed by atoms with Crippen molar-refractivity contribution in [3.63, 3.8) is 0 Å². The largest absolute Gasteiger partial charge is 0.391 e. The Hall–Kier alpha value is -2.49. The van der Waals surface area contributed by atoms with Crippen molar-refractivity contribution in [2.45, 2.75) is 96.0 Å². The zero-order chi connectivity index (χ0) is 27.7. The van der Waals surface area contributed by atoms with Crippen LogP contribution in [0.4, 0.5) is 0 Å². The van der Waals surface area contributed by atoms with E-state index in [2.05, 4.69) is 26.6 Å². The van der Waals surface area contributed by atoms with E-state index >= 15 is 0 Å². The maximum absolute atomic E-state index is 14.0. The molecule has 3 heterocycles. The second kappa shape index (κ2) is 11.6. The van der Waals surface area contributed by atoms with Crippen molar-refractivity contribution < 1.29 is 14.7 Å². The second-order valence-corrected chi connectivity index (χ2v) is 13.0. The van der Waals surface area contributed by atoms with Gasteiger partial charge in [-0.1, -0.05) is 56.1 Å². The van der Waals surface area contributed by atoms with Crippen LogP contribution in [0.1, 0.15) is 82.5 Å². The number of nitrogens with one attached hydrogen (secondary N) is 1. The first-order chi connectivity index (χ1) is 18.6. The van der Waals surface area contributed by atoms with Crippen LogP contribution in [0.25, 0.3) is 0 Å². The number of carbonyl (C=O) groups excluding carboxylic acids is 2. The van der Waals surface area contributed by atoms with Crippen molar-refractivity contribution in [3.8, 4) is 0 Å². The minimum absolute atomic E-state index is 0.137. The minimum Gasteiger partial charge on any atom is -0.391 e. The topological polar surface area (TPSA) is 104 Å². The summed E-state index contributed by atoms with van der Waals surface area (Å²) in [5.74, 6) is 0.0182. The number of β-amino-alcohol motifs (C(OH)–C–C–N with tert-alkyl or cyclic N) is 1. The molecule has 0 bridgehead atoms. The molecule has 1 aromatic carbocycles. The molecule has 39 heavy (non-hydrogen) atoms. The van der Waals surface area contributed by atoms with Crippen molar-refractivity contribution >= 4 is 23.4 Å². The Morgan fingerprint density at radius 2 is 2.00 bits per heavy atom. The lowest BCUT2D eigenvalue weighted by Gasteiger charge is -2.37. The molecule has 2 aliphatic heterocycles. The van der Waals surface area contributed by atoms with Gasteiger partial charge in [0.15, 0.2) is 0 Å². The molecule has 1 aliphatic carbocycles. The molecule has 2 aromatic rings. The van der Waals surface area contributed by atoms with Gasteiger partial charge in [0.1, 0.15) is 12.1 Å². The fourth-order valence-corrected chi connectivity index (χ4v) is 6.24. The van der Waals surface area contributed by atoms with Crippen LogP contribution in [0.5, 0.6) is 0 Å². The average Bonchev–Trinajstić information content (AvgIpc) is 3.49. The number of nitrogens with zero attached hydrogens (tertiary/aromatic N) is 5. The molecule has 1 unspecified atom stereocenters. The molecule has 3 fully saturated rings. The minimum atomic E-state index is -0.739. The lowest BCUT2D eigenvalue weighted by atomic mass is 9.85. The fourth-order valence-electron chi connectivity index (χ4n) is 6.03. The van der Waals surface area contributed by atoms with Crippen LogP contribution in [0.15, 0.2) is 30.5 Å². The molecule has 3 aliphatic rings. The van der Waals surface area contributed by atoms with Crippen molar-refractivity contribution in [2.24, 2.45) is 5.41 Å². The number of rotatable bonds is 8. The van der Waals surface area contributed by atoms with Gasteiger partial charge in [-0.3, -0.25) is 14.5 Å². The molecule has 2 saturated heterocycles. The molecule has 10 heteroatoms. The molecule has 2 amide bonds. The van der Waals surface area contributed by atoms with E-state index in [-0.39, 0.29) is 30.8 Å². The number of carbonyl (C=O) groups is 2. The Labute approximate surface area is 235 Å². The lowest BCUT2D eigenvalue weighted by molar-refractivity contribution is -0.144. The van der Waals surface area contributed by atoms with Gasteiger partial charge in [-0.2, -0.15) is 0 Å². The smallest absolute Gasteiger partial charge is 0.248 e. The molecular formula is C29H41ClN6O3. The maximum atomic E-state index is 14.0. The third-order valence-electron chi connectivity index (χ3n) is 8.24. The molecule has 0 spiro atoms. The highest BCUT2D eigenvalue weighted by molar-refractivity contribution is 6.30. The van der Waals surface area contributed by atoms with Gasteiger partial charge in [-0.05, 0) is 55.3 Å². The second-order valence-electron chi connectivity index (χ2n) is 12.6. The summed E-state index contributed by atoms with van der Waals surface area (Å²) in [6, 6.07) is 6.78. The quantitative estimate of drug-likeness (QED) is 0.515. The zero-order valence-electron chi connectivity index (χ0n) is 23.2. The third-order valence-corrected chi connectivity index (χ3v) is 8.48. The highest BCUT2D eigenvalue weighted by Crippen LogP contribution is 2.40. The number of hydrogen-bond acceptors (Lipinski definition) is 6. The third kappa shape index (κ3) is 6.64. The van der Waals surface area contributed by atoms with Gasteiger partial charge in [0.05, 0.1) is 11.8 Å². The van der Waals surface area contributed by atoms with Crippen molar-refractivity contribution in [1.82, 2.24) is 30.1 Å². The summed E-state index contributed by atoms with van der Waals surface area (Å²) >= 11 is 6.20. The van der Waals surface area contributed by atoms with E-state index in [0.717, 1.165) is 61.5 Å². The summed E-state index contributed by atoms with van der Waals surface area (Å²) in [4.78, 5) is 31.4. The van der Waals surface area contributed by atoms with Crippen LogP contribution in [0, 0.1) is 5.41 Å². The van der Waals surface area contributed by atoms with Gasteiger partial charge in [0.25, 0.3) is 0 Å². The van der Waals surface area contributed by atoms with Crippen molar-refractivity contribution in [3.05, 3.63) is 46.7 Å². The first-order valence-corrected chi connectivity index (χ1v) is 14.6. The van der Waals surface area contributed by atoms with E-state index in [1.165, 1.54) is 0 Å². The summed E-state index contributed by atoms with van der Waals surface area (Å²) in [6.07, 6.45) is 6.82. The van der Waals surface area contributed by atoms with Crippen LogP contribution in [0.2, 0.25) is 5.02 Å². The molecule has 2 N–H and O–H groups in total. The molecule has 212 valence electrons. The van der Waals surface area contributed by atoms with E-state index < -0.39 is 23.6 Å². The predicted octanol–water partition coefficient (Wildman–Crippen LogP) is 3.53. The number of aromatic nitrogens is 3. The Kier molecular flexibility index (Phi) is 8.31. The average molecular weight is 557 g/mol. The van der Waals surface area contributed by atoms with E-state index in [0.29, 0.717) is 12.5 Å².